The minimum atomic E-state index is 0.881. The fraction of sp³-hybridized carbons (Fsp3) is 0.176. The lowest BCUT2D eigenvalue weighted by Crippen LogP contribution is -2.16. The number of hydrogen-bond donors (Lipinski definition) is 1. The fourth-order valence-electron chi connectivity index (χ4n) is 2.35. The van der Waals surface area contributed by atoms with Crippen LogP contribution in [0.4, 0.5) is 0 Å². The Morgan fingerprint density at radius 2 is 1.75 bits per heavy atom. The van der Waals surface area contributed by atoms with Gasteiger partial charge < -0.3 is 5.32 Å². The molecule has 0 bridgehead atoms. The molecule has 0 aliphatic carbocycles. The number of benzene rings is 1. The summed E-state index contributed by atoms with van der Waals surface area (Å²) < 4.78 is 0. The zero-order valence-electron chi connectivity index (χ0n) is 11.3. The molecule has 3 aromatic rings. The van der Waals surface area contributed by atoms with Crippen molar-refractivity contribution in [3.63, 3.8) is 0 Å². The molecule has 100 valence electrons. The van der Waals surface area contributed by atoms with Crippen LogP contribution >= 0.6 is 0 Å². The summed E-state index contributed by atoms with van der Waals surface area (Å²) in [6.45, 7) is 1.85. The summed E-state index contributed by atoms with van der Waals surface area (Å²) in [5.74, 6) is 0. The third-order valence-corrected chi connectivity index (χ3v) is 3.43. The van der Waals surface area contributed by atoms with Crippen molar-refractivity contribution in [2.45, 2.75) is 13.0 Å². The lowest BCUT2D eigenvalue weighted by molar-refractivity contribution is 0.689. The SMILES string of the molecule is c1cc(CNCCc2ccncc2)c2ccncc2c1. The van der Waals surface area contributed by atoms with Gasteiger partial charge in [-0.25, -0.2) is 0 Å². The van der Waals surface area contributed by atoms with Gasteiger partial charge in [0, 0.05) is 36.7 Å². The molecule has 2 heterocycles. The zero-order chi connectivity index (χ0) is 13.6. The van der Waals surface area contributed by atoms with E-state index in [1.165, 1.54) is 21.9 Å². The van der Waals surface area contributed by atoms with Crippen molar-refractivity contribution in [1.82, 2.24) is 15.3 Å². The van der Waals surface area contributed by atoms with E-state index in [0.717, 1.165) is 19.5 Å². The van der Waals surface area contributed by atoms with Gasteiger partial charge in [-0.05, 0) is 47.7 Å². The summed E-state index contributed by atoms with van der Waals surface area (Å²) in [4.78, 5) is 8.19. The van der Waals surface area contributed by atoms with E-state index in [-0.39, 0.29) is 0 Å². The molecule has 0 unspecified atom stereocenters. The largest absolute Gasteiger partial charge is 0.312 e. The Kier molecular flexibility index (Phi) is 3.99. The summed E-state index contributed by atoms with van der Waals surface area (Å²) in [7, 11) is 0. The molecule has 0 atom stereocenters. The van der Waals surface area contributed by atoms with Gasteiger partial charge in [0.1, 0.15) is 0 Å². The van der Waals surface area contributed by atoms with E-state index in [1.807, 2.05) is 24.8 Å². The molecule has 0 saturated carbocycles. The first kappa shape index (κ1) is 12.8. The number of nitrogens with zero attached hydrogens (tertiary/aromatic N) is 2. The number of aromatic nitrogens is 2. The van der Waals surface area contributed by atoms with Crippen LogP contribution in [-0.2, 0) is 13.0 Å². The summed E-state index contributed by atoms with van der Waals surface area (Å²) in [6, 6.07) is 12.6. The number of rotatable bonds is 5. The molecule has 0 saturated heterocycles. The van der Waals surface area contributed by atoms with Crippen molar-refractivity contribution in [3.05, 3.63) is 72.3 Å². The maximum absolute atomic E-state index is 4.16. The maximum Gasteiger partial charge on any atom is 0.0346 e. The maximum atomic E-state index is 4.16. The number of hydrogen-bond acceptors (Lipinski definition) is 3. The lowest BCUT2D eigenvalue weighted by atomic mass is 10.1. The number of fused-ring (bicyclic) bond motifs is 1. The van der Waals surface area contributed by atoms with E-state index in [9.17, 15) is 0 Å². The average Bonchev–Trinajstić information content (AvgIpc) is 2.53. The average molecular weight is 263 g/mol. The molecule has 0 fully saturated rings. The van der Waals surface area contributed by atoms with Crippen molar-refractivity contribution in [2.75, 3.05) is 6.54 Å². The van der Waals surface area contributed by atoms with Gasteiger partial charge in [0.2, 0.25) is 0 Å². The van der Waals surface area contributed by atoms with Crippen molar-refractivity contribution < 1.29 is 0 Å². The second-order valence-electron chi connectivity index (χ2n) is 4.80. The number of pyridine rings is 2. The standard InChI is InChI=1S/C17H17N3/c1-2-15(17-7-11-20-13-16(17)3-1)12-19-10-6-14-4-8-18-9-5-14/h1-5,7-9,11,13,19H,6,10,12H2. The topological polar surface area (TPSA) is 37.8 Å². The van der Waals surface area contributed by atoms with Crippen LogP contribution in [0.1, 0.15) is 11.1 Å². The molecule has 0 radical (unpaired) electrons. The second-order valence-corrected chi connectivity index (χ2v) is 4.80. The van der Waals surface area contributed by atoms with Gasteiger partial charge in [-0.15, -0.1) is 0 Å². The Morgan fingerprint density at radius 1 is 0.900 bits per heavy atom. The first-order valence-electron chi connectivity index (χ1n) is 6.85. The third-order valence-electron chi connectivity index (χ3n) is 3.43. The fourth-order valence-corrected chi connectivity index (χ4v) is 2.35. The molecular weight excluding hydrogens is 246 g/mol. The molecule has 3 nitrogen and oxygen atoms in total. The van der Waals surface area contributed by atoms with Gasteiger partial charge in [-0.1, -0.05) is 18.2 Å². The summed E-state index contributed by atoms with van der Waals surface area (Å²) in [6.07, 6.45) is 8.47. The van der Waals surface area contributed by atoms with Crippen LogP contribution in [0.3, 0.4) is 0 Å². The monoisotopic (exact) mass is 263 g/mol. The molecule has 3 rings (SSSR count). The van der Waals surface area contributed by atoms with E-state index in [0.29, 0.717) is 0 Å². The van der Waals surface area contributed by atoms with E-state index in [1.54, 1.807) is 0 Å². The minimum Gasteiger partial charge on any atom is -0.312 e. The summed E-state index contributed by atoms with van der Waals surface area (Å²) >= 11 is 0. The Labute approximate surface area is 118 Å². The van der Waals surface area contributed by atoms with E-state index in [2.05, 4.69) is 51.7 Å². The molecule has 0 amide bonds. The van der Waals surface area contributed by atoms with Gasteiger partial charge in [0.05, 0.1) is 0 Å². The predicted octanol–water partition coefficient (Wildman–Crippen LogP) is 2.96. The summed E-state index contributed by atoms with van der Waals surface area (Å²) in [5.41, 5.74) is 2.63. The summed E-state index contributed by atoms with van der Waals surface area (Å²) in [5, 5.41) is 5.97. The van der Waals surface area contributed by atoms with Gasteiger partial charge in [0.15, 0.2) is 0 Å². The van der Waals surface area contributed by atoms with Gasteiger partial charge >= 0.3 is 0 Å². The van der Waals surface area contributed by atoms with Crippen LogP contribution in [0.15, 0.2) is 61.2 Å². The van der Waals surface area contributed by atoms with Crippen LogP contribution < -0.4 is 5.32 Å². The third kappa shape index (κ3) is 3.00. The normalized spacial score (nSPS) is 10.8. The smallest absolute Gasteiger partial charge is 0.0346 e. The number of nitrogens with one attached hydrogen (secondary N) is 1. The van der Waals surface area contributed by atoms with Crippen LogP contribution in [-0.4, -0.2) is 16.5 Å². The zero-order valence-corrected chi connectivity index (χ0v) is 11.3. The molecule has 3 heteroatoms. The Balaban J connectivity index is 1.60. The molecule has 1 N–H and O–H groups in total. The van der Waals surface area contributed by atoms with Crippen molar-refractivity contribution >= 4 is 10.8 Å². The van der Waals surface area contributed by atoms with Crippen LogP contribution in [0, 0.1) is 0 Å². The van der Waals surface area contributed by atoms with Gasteiger partial charge in [-0.2, -0.15) is 0 Å². The van der Waals surface area contributed by atoms with Gasteiger partial charge in [-0.3, -0.25) is 9.97 Å². The molecule has 0 spiro atoms. The van der Waals surface area contributed by atoms with E-state index in [4.69, 9.17) is 0 Å². The lowest BCUT2D eigenvalue weighted by Gasteiger charge is -2.08. The molecule has 0 aliphatic heterocycles. The quantitative estimate of drug-likeness (QED) is 0.719. The molecule has 1 aromatic carbocycles. The molecule has 2 aromatic heterocycles. The van der Waals surface area contributed by atoms with Crippen LogP contribution in [0.5, 0.6) is 0 Å². The minimum absolute atomic E-state index is 0.881. The highest BCUT2D eigenvalue weighted by atomic mass is 14.8. The Hall–Kier alpha value is -2.26. The van der Waals surface area contributed by atoms with Gasteiger partial charge in [0.25, 0.3) is 0 Å². The van der Waals surface area contributed by atoms with Crippen LogP contribution in [0.2, 0.25) is 0 Å². The second kappa shape index (κ2) is 6.26. The van der Waals surface area contributed by atoms with Crippen LogP contribution in [0.25, 0.3) is 10.8 Å². The van der Waals surface area contributed by atoms with Crippen molar-refractivity contribution in [2.24, 2.45) is 0 Å². The predicted molar refractivity (Wildman–Crippen MR) is 81.4 cm³/mol. The highest BCUT2D eigenvalue weighted by Gasteiger charge is 2.00. The van der Waals surface area contributed by atoms with Crippen molar-refractivity contribution in [3.8, 4) is 0 Å². The highest BCUT2D eigenvalue weighted by molar-refractivity contribution is 5.84. The molecule has 0 aliphatic rings. The Bertz CT molecular complexity index is 675. The molecular formula is C17H17N3. The van der Waals surface area contributed by atoms with E-state index < -0.39 is 0 Å². The molecule has 20 heavy (non-hydrogen) atoms. The first-order valence-corrected chi connectivity index (χ1v) is 6.85. The highest BCUT2D eigenvalue weighted by Crippen LogP contribution is 2.17. The van der Waals surface area contributed by atoms with Crippen molar-refractivity contribution in [1.29, 1.82) is 0 Å². The first-order chi connectivity index (χ1) is 9.93. The Morgan fingerprint density at radius 3 is 2.65 bits per heavy atom. The van der Waals surface area contributed by atoms with E-state index >= 15 is 0 Å².